The van der Waals surface area contributed by atoms with Crippen molar-refractivity contribution in [1.29, 1.82) is 0 Å². The van der Waals surface area contributed by atoms with Gasteiger partial charge < -0.3 is 9.47 Å². The van der Waals surface area contributed by atoms with Gasteiger partial charge in [0, 0.05) is 17.7 Å². The fraction of sp³-hybridized carbons (Fsp3) is 0.0667. The van der Waals surface area contributed by atoms with Crippen molar-refractivity contribution in [2.75, 3.05) is 6.79 Å². The first-order valence-corrected chi connectivity index (χ1v) is 6.61. The van der Waals surface area contributed by atoms with Crippen LogP contribution in [-0.4, -0.2) is 23.8 Å². The molecule has 0 aromatic heterocycles. The van der Waals surface area contributed by atoms with E-state index in [0.717, 1.165) is 0 Å². The Kier molecular flexibility index (Phi) is 3.88. The van der Waals surface area contributed by atoms with Crippen molar-refractivity contribution in [3.8, 4) is 11.5 Å². The number of carbonyl (C=O) groups excluding carboxylic acids is 1. The number of nitro groups is 1. The summed E-state index contributed by atoms with van der Waals surface area (Å²) in [6.07, 6.45) is 1.40. The summed E-state index contributed by atoms with van der Waals surface area (Å²) in [5.41, 5.74) is 3.38. The number of hydrogen-bond donors (Lipinski definition) is 1. The molecule has 1 heterocycles. The molecule has 116 valence electrons. The van der Waals surface area contributed by atoms with Crippen LogP contribution in [0.1, 0.15) is 15.9 Å². The molecule has 1 aliphatic heterocycles. The Labute approximate surface area is 130 Å². The molecular formula is C15H11N3O5. The number of fused-ring (bicyclic) bond motifs is 1. The molecule has 0 saturated carbocycles. The summed E-state index contributed by atoms with van der Waals surface area (Å²) in [4.78, 5) is 22.0. The highest BCUT2D eigenvalue weighted by atomic mass is 16.7. The van der Waals surface area contributed by atoms with Crippen LogP contribution in [-0.2, 0) is 0 Å². The summed E-state index contributed by atoms with van der Waals surface area (Å²) in [5.74, 6) is 0.703. The van der Waals surface area contributed by atoms with Gasteiger partial charge in [-0.2, -0.15) is 5.10 Å². The lowest BCUT2D eigenvalue weighted by Crippen LogP contribution is -2.17. The first-order valence-electron chi connectivity index (χ1n) is 6.61. The number of hydrazone groups is 1. The number of nitrogens with one attached hydrogen (secondary N) is 1. The zero-order chi connectivity index (χ0) is 16.2. The second-order valence-electron chi connectivity index (χ2n) is 4.62. The second-order valence-corrected chi connectivity index (χ2v) is 4.62. The van der Waals surface area contributed by atoms with Gasteiger partial charge in [-0.15, -0.1) is 0 Å². The summed E-state index contributed by atoms with van der Waals surface area (Å²) < 4.78 is 10.4. The number of nitro benzene ring substituents is 1. The van der Waals surface area contributed by atoms with E-state index in [0.29, 0.717) is 22.6 Å². The molecule has 0 aliphatic carbocycles. The lowest BCUT2D eigenvalue weighted by Gasteiger charge is -2.01. The molecule has 3 rings (SSSR count). The molecule has 0 unspecified atom stereocenters. The maximum Gasteiger partial charge on any atom is 0.271 e. The molecule has 8 nitrogen and oxygen atoms in total. The Hall–Kier alpha value is -3.42. The predicted molar refractivity (Wildman–Crippen MR) is 80.7 cm³/mol. The molecule has 8 heteroatoms. The summed E-state index contributed by atoms with van der Waals surface area (Å²) in [5, 5.41) is 14.4. The van der Waals surface area contributed by atoms with Crippen molar-refractivity contribution in [2.45, 2.75) is 0 Å². The smallest absolute Gasteiger partial charge is 0.271 e. The zero-order valence-corrected chi connectivity index (χ0v) is 11.8. The summed E-state index contributed by atoms with van der Waals surface area (Å²) in [7, 11) is 0. The molecule has 0 spiro atoms. The van der Waals surface area contributed by atoms with E-state index in [1.165, 1.54) is 30.5 Å². The van der Waals surface area contributed by atoms with E-state index in [4.69, 9.17) is 9.47 Å². The number of carbonyl (C=O) groups is 1. The third-order valence-corrected chi connectivity index (χ3v) is 3.12. The van der Waals surface area contributed by atoms with Crippen LogP contribution in [0.5, 0.6) is 11.5 Å². The van der Waals surface area contributed by atoms with E-state index in [-0.39, 0.29) is 12.5 Å². The van der Waals surface area contributed by atoms with Crippen LogP contribution in [0.4, 0.5) is 5.69 Å². The molecule has 1 amide bonds. The molecule has 1 aliphatic rings. The Balaban J connectivity index is 1.63. The minimum Gasteiger partial charge on any atom is -0.454 e. The molecule has 1 N–H and O–H groups in total. The average Bonchev–Trinajstić information content (AvgIpc) is 3.02. The van der Waals surface area contributed by atoms with Crippen molar-refractivity contribution >= 4 is 17.8 Å². The van der Waals surface area contributed by atoms with Crippen molar-refractivity contribution in [3.05, 3.63) is 63.7 Å². The molecule has 0 saturated heterocycles. The van der Waals surface area contributed by atoms with Gasteiger partial charge in [0.05, 0.1) is 11.1 Å². The number of non-ortho nitro benzene ring substituents is 1. The van der Waals surface area contributed by atoms with Gasteiger partial charge in [-0.1, -0.05) is 0 Å². The van der Waals surface area contributed by atoms with E-state index in [9.17, 15) is 14.9 Å². The first-order chi connectivity index (χ1) is 11.1. The second kappa shape index (κ2) is 6.14. The first kappa shape index (κ1) is 14.5. The molecule has 23 heavy (non-hydrogen) atoms. The van der Waals surface area contributed by atoms with Gasteiger partial charge in [-0.05, 0) is 35.9 Å². The monoisotopic (exact) mass is 313 g/mol. The van der Waals surface area contributed by atoms with Crippen LogP contribution >= 0.6 is 0 Å². The largest absolute Gasteiger partial charge is 0.454 e. The maximum absolute atomic E-state index is 12.0. The van der Waals surface area contributed by atoms with Crippen molar-refractivity contribution in [1.82, 2.24) is 5.43 Å². The Morgan fingerprint density at radius 2 is 1.91 bits per heavy atom. The summed E-state index contributed by atoms with van der Waals surface area (Å²) >= 11 is 0. The number of hydrogen-bond acceptors (Lipinski definition) is 6. The van der Waals surface area contributed by atoms with E-state index >= 15 is 0 Å². The van der Waals surface area contributed by atoms with Crippen LogP contribution in [0, 0.1) is 10.1 Å². The predicted octanol–water partition coefficient (Wildman–Crippen LogP) is 2.09. The van der Waals surface area contributed by atoms with Crippen LogP contribution in [0.3, 0.4) is 0 Å². The molecule has 2 aromatic rings. The Morgan fingerprint density at radius 3 is 2.65 bits per heavy atom. The molecule has 0 bridgehead atoms. The number of rotatable bonds is 4. The minimum absolute atomic E-state index is 0.00783. The average molecular weight is 313 g/mol. The van der Waals surface area contributed by atoms with Gasteiger partial charge in [-0.3, -0.25) is 14.9 Å². The van der Waals surface area contributed by atoms with Gasteiger partial charge in [0.25, 0.3) is 11.6 Å². The Bertz CT molecular complexity index is 786. The van der Waals surface area contributed by atoms with Crippen LogP contribution in [0.15, 0.2) is 47.6 Å². The fourth-order valence-electron chi connectivity index (χ4n) is 1.95. The van der Waals surface area contributed by atoms with Crippen molar-refractivity contribution in [3.63, 3.8) is 0 Å². The van der Waals surface area contributed by atoms with Crippen LogP contribution in [0.2, 0.25) is 0 Å². The lowest BCUT2D eigenvalue weighted by atomic mass is 10.2. The van der Waals surface area contributed by atoms with Crippen molar-refractivity contribution in [2.24, 2.45) is 5.10 Å². The molecule has 0 fully saturated rings. The quantitative estimate of drug-likeness (QED) is 0.529. The number of ether oxygens (including phenoxy) is 2. The zero-order valence-electron chi connectivity index (χ0n) is 11.8. The molecule has 0 radical (unpaired) electrons. The van der Waals surface area contributed by atoms with Crippen LogP contribution < -0.4 is 14.9 Å². The summed E-state index contributed by atoms with van der Waals surface area (Å²) in [6.45, 7) is 0.138. The molecular weight excluding hydrogens is 302 g/mol. The van der Waals surface area contributed by atoms with E-state index in [1.807, 2.05) is 0 Å². The molecule has 0 atom stereocenters. The lowest BCUT2D eigenvalue weighted by molar-refractivity contribution is -0.384. The van der Waals surface area contributed by atoms with E-state index < -0.39 is 10.8 Å². The third kappa shape index (κ3) is 3.26. The number of benzene rings is 2. The topological polar surface area (TPSA) is 103 Å². The van der Waals surface area contributed by atoms with Crippen molar-refractivity contribution < 1.29 is 19.2 Å². The van der Waals surface area contributed by atoms with Gasteiger partial charge in [0.1, 0.15) is 0 Å². The van der Waals surface area contributed by atoms with Gasteiger partial charge in [-0.25, -0.2) is 5.43 Å². The van der Waals surface area contributed by atoms with E-state index in [2.05, 4.69) is 10.5 Å². The SMILES string of the molecule is O=C(N/N=C\c1ccc([N+](=O)[O-])cc1)c1ccc2c(c1)OCO2. The fourth-order valence-corrected chi connectivity index (χ4v) is 1.95. The Morgan fingerprint density at radius 1 is 1.17 bits per heavy atom. The highest BCUT2D eigenvalue weighted by Crippen LogP contribution is 2.32. The van der Waals surface area contributed by atoms with Gasteiger partial charge in [0.15, 0.2) is 11.5 Å². The number of nitrogens with zero attached hydrogens (tertiary/aromatic N) is 2. The minimum atomic E-state index is -0.484. The van der Waals surface area contributed by atoms with Gasteiger partial charge in [0.2, 0.25) is 6.79 Å². The highest BCUT2D eigenvalue weighted by molar-refractivity contribution is 5.95. The summed E-state index contributed by atoms with van der Waals surface area (Å²) in [6, 6.07) is 10.6. The number of amides is 1. The standard InChI is InChI=1S/C15H11N3O5/c19-15(11-3-6-13-14(7-11)23-9-22-13)17-16-8-10-1-4-12(5-2-10)18(20)21/h1-8H,9H2,(H,17,19)/b16-8-. The van der Waals surface area contributed by atoms with E-state index in [1.54, 1.807) is 18.2 Å². The third-order valence-electron chi connectivity index (χ3n) is 3.12. The normalized spacial score (nSPS) is 12.3. The van der Waals surface area contributed by atoms with Crippen LogP contribution in [0.25, 0.3) is 0 Å². The highest BCUT2D eigenvalue weighted by Gasteiger charge is 2.15. The maximum atomic E-state index is 12.0. The molecule has 2 aromatic carbocycles. The van der Waals surface area contributed by atoms with Gasteiger partial charge >= 0.3 is 0 Å².